The van der Waals surface area contributed by atoms with Gasteiger partial charge in [0.05, 0.1) is 29.3 Å². The maximum absolute atomic E-state index is 14.7. The second-order valence-corrected chi connectivity index (χ2v) is 10.3. The van der Waals surface area contributed by atoms with Crippen LogP contribution >= 0.6 is 0 Å². The number of benzene rings is 1. The van der Waals surface area contributed by atoms with E-state index in [4.69, 9.17) is 4.42 Å². The van der Waals surface area contributed by atoms with E-state index in [-0.39, 0.29) is 23.8 Å². The number of hydrogen-bond acceptors (Lipinski definition) is 8. The maximum atomic E-state index is 14.7. The Kier molecular flexibility index (Phi) is 6.45. The van der Waals surface area contributed by atoms with Crippen molar-refractivity contribution in [3.05, 3.63) is 65.3 Å². The van der Waals surface area contributed by atoms with Crippen LogP contribution in [0.2, 0.25) is 0 Å². The van der Waals surface area contributed by atoms with Crippen LogP contribution in [-0.2, 0) is 11.8 Å². The molecule has 1 unspecified atom stereocenters. The molecule has 1 aliphatic rings. The average Bonchev–Trinajstić information content (AvgIpc) is 3.48. The molecule has 1 aromatic carbocycles. The number of rotatable bonds is 5. The fraction of sp³-hybridized carbons (Fsp3) is 0.385. The molecule has 5 rings (SSSR count). The summed E-state index contributed by atoms with van der Waals surface area (Å²) in [5.74, 6) is 0.244. The summed E-state index contributed by atoms with van der Waals surface area (Å²) in [5, 5.41) is 20.9. The minimum Gasteiger partial charge on any atom is -0.416 e. The summed E-state index contributed by atoms with van der Waals surface area (Å²) in [4.78, 5) is 21.8. The molecule has 4 aromatic rings. The van der Waals surface area contributed by atoms with Crippen LogP contribution in [0.3, 0.4) is 0 Å². The van der Waals surface area contributed by atoms with Crippen molar-refractivity contribution in [2.24, 2.45) is 0 Å². The first kappa shape index (κ1) is 24.5. The minimum atomic E-state index is -1.02. The van der Waals surface area contributed by atoms with Gasteiger partial charge in [0.25, 0.3) is 0 Å². The summed E-state index contributed by atoms with van der Waals surface area (Å²) >= 11 is 0. The fourth-order valence-electron chi connectivity index (χ4n) is 4.29. The number of aromatic amines is 1. The van der Waals surface area contributed by atoms with E-state index in [0.717, 1.165) is 28.1 Å². The normalized spacial score (nSPS) is 17.6. The lowest BCUT2D eigenvalue weighted by Gasteiger charge is -2.19. The number of aryl methyl sites for hydroxylation is 1. The van der Waals surface area contributed by atoms with Crippen molar-refractivity contribution in [2.45, 2.75) is 64.6 Å². The van der Waals surface area contributed by atoms with E-state index >= 15 is 0 Å². The van der Waals surface area contributed by atoms with Crippen LogP contribution in [0.1, 0.15) is 73.1 Å². The third-order valence-corrected chi connectivity index (χ3v) is 6.32. The van der Waals surface area contributed by atoms with Crippen LogP contribution in [0.5, 0.6) is 0 Å². The van der Waals surface area contributed by atoms with Gasteiger partial charge in [-0.25, -0.2) is 14.4 Å². The number of nitrogens with zero attached hydrogens (tertiary/aromatic N) is 5. The Hall–Kier alpha value is -4.15. The Balaban J connectivity index is 1.39. The average molecular weight is 505 g/mol. The molecule has 192 valence electrons. The Morgan fingerprint density at radius 3 is 2.76 bits per heavy atom. The molecule has 0 saturated heterocycles. The Morgan fingerprint density at radius 2 is 2.03 bits per heavy atom. The van der Waals surface area contributed by atoms with Gasteiger partial charge in [-0.2, -0.15) is 5.10 Å². The number of H-pyrrole nitrogens is 1. The first-order valence-electron chi connectivity index (χ1n) is 12.2. The number of amides is 1. The largest absolute Gasteiger partial charge is 0.416 e. The lowest BCUT2D eigenvalue weighted by molar-refractivity contribution is 0.0894. The molecular formula is C26H29FN8O2. The topological polar surface area (TPSA) is 135 Å². The number of carbonyl (C=O) groups is 1. The van der Waals surface area contributed by atoms with Gasteiger partial charge in [0, 0.05) is 23.6 Å². The first-order chi connectivity index (χ1) is 17.7. The molecule has 10 nitrogen and oxygen atoms in total. The molecule has 0 radical (unpaired) electrons. The van der Waals surface area contributed by atoms with E-state index in [2.05, 4.69) is 41.0 Å². The standard InChI is InChI=1S/C26H29FN8O2/c1-14-21(13-29-33-14)32-25-28-10-9-19(31-25)15-5-7-18-16(11-15)12-17(27)6-8-20(18)30-22(36)23-34-35-24(37-23)26(2,3)4/h5,7,9-11,13,17,20H,6,8,12H2,1-4H3,(H,29,33)(H,30,36)(H,28,31,32)/t17-,20?/m1/s1. The minimum absolute atomic E-state index is 0.0991. The Labute approximate surface area is 213 Å². The predicted molar refractivity (Wildman–Crippen MR) is 135 cm³/mol. The van der Waals surface area contributed by atoms with Crippen LogP contribution in [-0.4, -0.2) is 42.4 Å². The summed E-state index contributed by atoms with van der Waals surface area (Å²) in [6.45, 7) is 7.68. The van der Waals surface area contributed by atoms with Gasteiger partial charge in [0.2, 0.25) is 11.8 Å². The number of alkyl halides is 1. The zero-order valence-electron chi connectivity index (χ0n) is 21.2. The van der Waals surface area contributed by atoms with Gasteiger partial charge < -0.3 is 15.1 Å². The molecular weight excluding hydrogens is 475 g/mol. The second-order valence-electron chi connectivity index (χ2n) is 10.3. The zero-order valence-corrected chi connectivity index (χ0v) is 21.2. The van der Waals surface area contributed by atoms with E-state index in [1.54, 1.807) is 18.5 Å². The SMILES string of the molecule is Cc1[nH]ncc1Nc1nccc(-c2ccc3c(c2)C[C@H](F)CCC3NC(=O)c2nnc(C(C)(C)C)o2)n1. The summed E-state index contributed by atoms with van der Waals surface area (Å²) < 4.78 is 20.3. The molecule has 11 heteroatoms. The highest BCUT2D eigenvalue weighted by molar-refractivity contribution is 5.89. The molecule has 1 amide bonds. The quantitative estimate of drug-likeness (QED) is 0.332. The van der Waals surface area contributed by atoms with Crippen LogP contribution in [0.4, 0.5) is 16.0 Å². The molecule has 0 saturated carbocycles. The summed E-state index contributed by atoms with van der Waals surface area (Å²) in [6, 6.07) is 7.22. The van der Waals surface area contributed by atoms with E-state index in [9.17, 15) is 9.18 Å². The van der Waals surface area contributed by atoms with Gasteiger partial charge in [-0.1, -0.05) is 32.9 Å². The maximum Gasteiger partial charge on any atom is 0.309 e. The van der Waals surface area contributed by atoms with Gasteiger partial charge in [-0.3, -0.25) is 9.89 Å². The highest BCUT2D eigenvalue weighted by atomic mass is 19.1. The van der Waals surface area contributed by atoms with Crippen molar-refractivity contribution in [1.82, 2.24) is 35.7 Å². The van der Waals surface area contributed by atoms with Crippen LogP contribution in [0.15, 0.2) is 41.1 Å². The highest BCUT2D eigenvalue weighted by Crippen LogP contribution is 2.33. The number of nitrogens with one attached hydrogen (secondary N) is 3. The third kappa shape index (κ3) is 5.35. The van der Waals surface area contributed by atoms with Crippen molar-refractivity contribution >= 4 is 17.5 Å². The Bertz CT molecular complexity index is 1420. The number of aromatic nitrogens is 6. The Morgan fingerprint density at radius 1 is 1.19 bits per heavy atom. The summed E-state index contributed by atoms with van der Waals surface area (Å²) in [5.41, 5.74) is 4.51. The van der Waals surface area contributed by atoms with E-state index < -0.39 is 12.1 Å². The number of halogens is 1. The van der Waals surface area contributed by atoms with Crippen LogP contribution in [0.25, 0.3) is 11.3 Å². The molecule has 0 aliphatic heterocycles. The molecule has 2 atom stereocenters. The number of hydrogen-bond donors (Lipinski definition) is 3. The molecule has 3 N–H and O–H groups in total. The highest BCUT2D eigenvalue weighted by Gasteiger charge is 2.29. The molecule has 3 aromatic heterocycles. The van der Waals surface area contributed by atoms with E-state index in [1.165, 1.54) is 0 Å². The fourth-order valence-corrected chi connectivity index (χ4v) is 4.29. The van der Waals surface area contributed by atoms with Crippen LogP contribution in [0, 0.1) is 6.92 Å². The molecule has 0 fully saturated rings. The van der Waals surface area contributed by atoms with Gasteiger partial charge in [-0.05, 0) is 43.0 Å². The second kappa shape index (κ2) is 9.72. The van der Waals surface area contributed by atoms with E-state index in [1.807, 2.05) is 45.9 Å². The van der Waals surface area contributed by atoms with Gasteiger partial charge in [-0.15, -0.1) is 10.2 Å². The van der Waals surface area contributed by atoms with Gasteiger partial charge >= 0.3 is 11.8 Å². The molecule has 3 heterocycles. The van der Waals surface area contributed by atoms with Crippen molar-refractivity contribution in [3.63, 3.8) is 0 Å². The van der Waals surface area contributed by atoms with Crippen molar-refractivity contribution in [3.8, 4) is 11.3 Å². The van der Waals surface area contributed by atoms with Crippen molar-refractivity contribution < 1.29 is 13.6 Å². The molecule has 0 bridgehead atoms. The first-order valence-corrected chi connectivity index (χ1v) is 12.2. The predicted octanol–water partition coefficient (Wildman–Crippen LogP) is 4.74. The molecule has 37 heavy (non-hydrogen) atoms. The van der Waals surface area contributed by atoms with Crippen molar-refractivity contribution in [2.75, 3.05) is 5.32 Å². The van der Waals surface area contributed by atoms with Crippen LogP contribution < -0.4 is 10.6 Å². The number of carbonyl (C=O) groups excluding carboxylic acids is 1. The lowest BCUT2D eigenvalue weighted by atomic mass is 9.95. The number of fused-ring (bicyclic) bond motifs is 1. The van der Waals surface area contributed by atoms with Crippen molar-refractivity contribution in [1.29, 1.82) is 0 Å². The smallest absolute Gasteiger partial charge is 0.309 e. The van der Waals surface area contributed by atoms with Gasteiger partial charge in [0.15, 0.2) is 0 Å². The van der Waals surface area contributed by atoms with Gasteiger partial charge in [0.1, 0.15) is 6.17 Å². The molecule has 1 aliphatic carbocycles. The third-order valence-electron chi connectivity index (χ3n) is 6.32. The summed E-state index contributed by atoms with van der Waals surface area (Å²) in [7, 11) is 0. The molecule has 0 spiro atoms. The number of anilines is 2. The van der Waals surface area contributed by atoms with E-state index in [0.29, 0.717) is 30.4 Å². The zero-order chi connectivity index (χ0) is 26.2. The summed E-state index contributed by atoms with van der Waals surface area (Å²) in [6.07, 6.45) is 3.38. The monoisotopic (exact) mass is 504 g/mol. The lowest BCUT2D eigenvalue weighted by Crippen LogP contribution is -2.29.